The van der Waals surface area contributed by atoms with Gasteiger partial charge in [-0.2, -0.15) is 11.8 Å². The zero-order valence-electron chi connectivity index (χ0n) is 9.85. The summed E-state index contributed by atoms with van der Waals surface area (Å²) in [6.45, 7) is 0. The molecule has 0 spiro atoms. The molecule has 1 aliphatic rings. The third kappa shape index (κ3) is 2.64. The lowest BCUT2D eigenvalue weighted by molar-refractivity contribution is -0.144. The highest BCUT2D eigenvalue weighted by Gasteiger charge is 2.43. The third-order valence-electron chi connectivity index (χ3n) is 3.02. The Kier molecular flexibility index (Phi) is 3.74. The molecule has 2 N–H and O–H groups in total. The SMILES string of the molecule is CSCC(NC1CC1)(C(=O)O)c1ccccc1. The number of carbonyl (C=O) groups is 1. The van der Waals surface area contributed by atoms with Crippen LogP contribution in [0.15, 0.2) is 30.3 Å². The topological polar surface area (TPSA) is 49.3 Å². The lowest BCUT2D eigenvalue weighted by Crippen LogP contribution is -2.52. The zero-order chi connectivity index (χ0) is 12.3. The van der Waals surface area contributed by atoms with E-state index >= 15 is 0 Å². The van der Waals surface area contributed by atoms with Gasteiger partial charge in [0.1, 0.15) is 0 Å². The van der Waals surface area contributed by atoms with Crippen molar-refractivity contribution in [1.29, 1.82) is 0 Å². The maximum atomic E-state index is 11.7. The van der Waals surface area contributed by atoms with Crippen LogP contribution in [-0.4, -0.2) is 29.1 Å². The fourth-order valence-corrected chi connectivity index (χ4v) is 2.78. The van der Waals surface area contributed by atoms with Crippen molar-refractivity contribution in [2.24, 2.45) is 0 Å². The monoisotopic (exact) mass is 251 g/mol. The summed E-state index contributed by atoms with van der Waals surface area (Å²) in [4.78, 5) is 11.7. The van der Waals surface area contributed by atoms with E-state index in [4.69, 9.17) is 0 Å². The normalized spacial score (nSPS) is 18.6. The first-order valence-corrected chi connectivity index (χ1v) is 7.14. The molecule has 0 aliphatic heterocycles. The minimum atomic E-state index is -0.943. The van der Waals surface area contributed by atoms with Crippen molar-refractivity contribution in [1.82, 2.24) is 5.32 Å². The number of benzene rings is 1. The number of carboxylic acid groups (broad SMARTS) is 1. The Bertz CT molecular complexity index is 392. The summed E-state index contributed by atoms with van der Waals surface area (Å²) >= 11 is 1.56. The van der Waals surface area contributed by atoms with E-state index < -0.39 is 11.5 Å². The van der Waals surface area contributed by atoms with Crippen molar-refractivity contribution in [2.75, 3.05) is 12.0 Å². The molecule has 17 heavy (non-hydrogen) atoms. The Morgan fingerprint density at radius 2 is 2.12 bits per heavy atom. The number of hydrogen-bond acceptors (Lipinski definition) is 3. The lowest BCUT2D eigenvalue weighted by atomic mass is 9.91. The molecule has 0 radical (unpaired) electrons. The highest BCUT2D eigenvalue weighted by Crippen LogP contribution is 2.31. The molecule has 4 heteroatoms. The zero-order valence-corrected chi connectivity index (χ0v) is 10.7. The van der Waals surface area contributed by atoms with Gasteiger partial charge < -0.3 is 5.11 Å². The molecule has 1 aromatic carbocycles. The van der Waals surface area contributed by atoms with Gasteiger partial charge in [0.15, 0.2) is 5.54 Å². The third-order valence-corrected chi connectivity index (χ3v) is 3.74. The molecule has 1 saturated carbocycles. The van der Waals surface area contributed by atoms with Gasteiger partial charge in [0.25, 0.3) is 0 Å². The van der Waals surface area contributed by atoms with Gasteiger partial charge in [0.05, 0.1) is 0 Å². The van der Waals surface area contributed by atoms with Crippen LogP contribution in [0.1, 0.15) is 18.4 Å². The van der Waals surface area contributed by atoms with Crippen molar-refractivity contribution in [3.8, 4) is 0 Å². The fourth-order valence-electron chi connectivity index (χ4n) is 1.97. The molecular weight excluding hydrogens is 234 g/mol. The number of hydrogen-bond donors (Lipinski definition) is 2. The number of thioether (sulfide) groups is 1. The Balaban J connectivity index is 2.35. The van der Waals surface area contributed by atoms with Gasteiger partial charge in [0, 0.05) is 11.8 Å². The van der Waals surface area contributed by atoms with E-state index in [1.54, 1.807) is 11.8 Å². The van der Waals surface area contributed by atoms with Crippen LogP contribution in [0.3, 0.4) is 0 Å². The first kappa shape index (κ1) is 12.5. The van der Waals surface area contributed by atoms with E-state index in [0.717, 1.165) is 18.4 Å². The predicted molar refractivity (Wildman–Crippen MR) is 70.3 cm³/mol. The van der Waals surface area contributed by atoms with Gasteiger partial charge in [-0.1, -0.05) is 30.3 Å². The molecule has 1 aliphatic carbocycles. The molecule has 0 amide bonds. The molecule has 1 fully saturated rings. The van der Waals surface area contributed by atoms with E-state index in [1.165, 1.54) is 0 Å². The van der Waals surface area contributed by atoms with Crippen LogP contribution in [0.4, 0.5) is 0 Å². The highest BCUT2D eigenvalue weighted by molar-refractivity contribution is 7.98. The first-order chi connectivity index (χ1) is 8.19. The van der Waals surface area contributed by atoms with Gasteiger partial charge in [-0.05, 0) is 24.7 Å². The molecule has 1 atom stereocenters. The predicted octanol–water partition coefficient (Wildman–Crippen LogP) is 2.08. The maximum Gasteiger partial charge on any atom is 0.329 e. The molecule has 0 bridgehead atoms. The van der Waals surface area contributed by atoms with Gasteiger partial charge in [-0.3, -0.25) is 5.32 Å². The lowest BCUT2D eigenvalue weighted by Gasteiger charge is -2.30. The number of rotatable bonds is 6. The van der Waals surface area contributed by atoms with E-state index in [1.807, 2.05) is 36.6 Å². The average Bonchev–Trinajstić information content (AvgIpc) is 3.13. The minimum absolute atomic E-state index is 0.360. The largest absolute Gasteiger partial charge is 0.480 e. The molecule has 92 valence electrons. The standard InChI is InChI=1S/C13H17NO2S/c1-17-9-13(12(15)16,14-11-7-8-11)10-5-3-2-4-6-10/h2-6,11,14H,7-9H2,1H3,(H,15,16). The highest BCUT2D eigenvalue weighted by atomic mass is 32.2. The van der Waals surface area contributed by atoms with Gasteiger partial charge >= 0.3 is 5.97 Å². The van der Waals surface area contributed by atoms with Gasteiger partial charge in [-0.15, -0.1) is 0 Å². The Morgan fingerprint density at radius 3 is 2.59 bits per heavy atom. The minimum Gasteiger partial charge on any atom is -0.480 e. The molecule has 0 saturated heterocycles. The molecule has 0 heterocycles. The van der Waals surface area contributed by atoms with Crippen LogP contribution < -0.4 is 5.32 Å². The summed E-state index contributed by atoms with van der Waals surface area (Å²) in [5.41, 5.74) is -0.101. The molecule has 0 aromatic heterocycles. The molecule has 1 aromatic rings. The Labute approximate surface area is 106 Å². The van der Waals surface area contributed by atoms with Gasteiger partial charge in [-0.25, -0.2) is 4.79 Å². The summed E-state index contributed by atoms with van der Waals surface area (Å²) in [7, 11) is 0. The average molecular weight is 251 g/mol. The number of nitrogens with one attached hydrogen (secondary N) is 1. The van der Waals surface area contributed by atoms with Crippen LogP contribution >= 0.6 is 11.8 Å². The quantitative estimate of drug-likeness (QED) is 0.812. The second-order valence-electron chi connectivity index (χ2n) is 4.43. The second-order valence-corrected chi connectivity index (χ2v) is 5.29. The number of carboxylic acids is 1. The van der Waals surface area contributed by atoms with Gasteiger partial charge in [0.2, 0.25) is 0 Å². The molecule has 1 unspecified atom stereocenters. The molecular formula is C13H17NO2S. The molecule has 2 rings (SSSR count). The Hall–Kier alpha value is -1.00. The van der Waals surface area contributed by atoms with E-state index in [2.05, 4.69) is 5.32 Å². The first-order valence-electron chi connectivity index (χ1n) is 5.74. The van der Waals surface area contributed by atoms with E-state index in [9.17, 15) is 9.90 Å². The van der Waals surface area contributed by atoms with E-state index in [0.29, 0.717) is 11.8 Å². The summed E-state index contributed by atoms with van der Waals surface area (Å²) in [6.07, 6.45) is 4.10. The summed E-state index contributed by atoms with van der Waals surface area (Å²) in [5, 5.41) is 12.9. The summed E-state index contributed by atoms with van der Waals surface area (Å²) in [6, 6.07) is 9.83. The van der Waals surface area contributed by atoms with Crippen molar-refractivity contribution in [2.45, 2.75) is 24.4 Å². The fraction of sp³-hybridized carbons (Fsp3) is 0.462. The van der Waals surface area contributed by atoms with Crippen molar-refractivity contribution < 1.29 is 9.90 Å². The molecule has 3 nitrogen and oxygen atoms in total. The van der Waals surface area contributed by atoms with E-state index in [-0.39, 0.29) is 0 Å². The van der Waals surface area contributed by atoms with Crippen molar-refractivity contribution >= 4 is 17.7 Å². The van der Waals surface area contributed by atoms with Crippen molar-refractivity contribution in [3.05, 3.63) is 35.9 Å². The van der Waals surface area contributed by atoms with Crippen molar-refractivity contribution in [3.63, 3.8) is 0 Å². The van der Waals surface area contributed by atoms with Crippen LogP contribution in [0.25, 0.3) is 0 Å². The van der Waals surface area contributed by atoms with Crippen LogP contribution in [0.5, 0.6) is 0 Å². The Morgan fingerprint density at radius 1 is 1.47 bits per heavy atom. The maximum absolute atomic E-state index is 11.7. The smallest absolute Gasteiger partial charge is 0.329 e. The second kappa shape index (κ2) is 5.10. The summed E-state index contributed by atoms with van der Waals surface area (Å²) < 4.78 is 0. The van der Waals surface area contributed by atoms with Crippen LogP contribution in [0.2, 0.25) is 0 Å². The van der Waals surface area contributed by atoms with Crippen LogP contribution in [-0.2, 0) is 10.3 Å². The number of aliphatic carboxylic acids is 1. The van der Waals surface area contributed by atoms with Crippen LogP contribution in [0, 0.1) is 0 Å². The summed E-state index contributed by atoms with van der Waals surface area (Å²) in [5.74, 6) is -0.243.